The summed E-state index contributed by atoms with van der Waals surface area (Å²) in [7, 11) is 0. The van der Waals surface area contributed by atoms with Crippen molar-refractivity contribution in [1.29, 1.82) is 0 Å². The van der Waals surface area contributed by atoms with E-state index in [0.29, 0.717) is 0 Å². The van der Waals surface area contributed by atoms with Crippen LogP contribution in [0.5, 0.6) is 0 Å². The minimum Gasteiger partial charge on any atom is -0.162 e. The molecule has 1 radical (unpaired) electrons. The fraction of sp³-hybridized carbons (Fsp3) is 1.00. The molecule has 1 saturated heterocycles. The van der Waals surface area contributed by atoms with Gasteiger partial charge in [-0.3, -0.25) is 0 Å². The first-order valence-corrected chi connectivity index (χ1v) is 3.73. The number of hydrogen-bond acceptors (Lipinski definition) is 1. The fourth-order valence-corrected chi connectivity index (χ4v) is 1.71. The third-order valence-corrected chi connectivity index (χ3v) is 2.23. The van der Waals surface area contributed by atoms with Crippen LogP contribution in [0.3, 0.4) is 0 Å². The molecule has 1 heterocycles. The summed E-state index contributed by atoms with van der Waals surface area (Å²) in [5, 5.41) is 0. The Morgan fingerprint density at radius 2 is 1.43 bits per heavy atom. The van der Waals surface area contributed by atoms with E-state index in [-0.39, 0.29) is 22.4 Å². The maximum Gasteiger partial charge on any atom is 0 e. The monoisotopic (exact) mass is 299 g/mol. The number of hydrogen-bond donors (Lipinski definition) is 0. The van der Waals surface area contributed by atoms with Gasteiger partial charge in [0.25, 0.3) is 0 Å². The van der Waals surface area contributed by atoms with Gasteiger partial charge in [-0.25, -0.2) is 0 Å². The van der Waals surface area contributed by atoms with Crippen LogP contribution >= 0.6 is 11.8 Å². The second-order valence-electron chi connectivity index (χ2n) is 1.67. The van der Waals surface area contributed by atoms with Gasteiger partial charge in [0.05, 0.1) is 0 Å². The van der Waals surface area contributed by atoms with Crippen molar-refractivity contribution in [2.24, 2.45) is 0 Å². The molecule has 0 nitrogen and oxygen atoms in total. The van der Waals surface area contributed by atoms with Crippen LogP contribution in [0, 0.1) is 0 Å². The van der Waals surface area contributed by atoms with Crippen LogP contribution in [0.4, 0.5) is 0 Å². The van der Waals surface area contributed by atoms with Crippen LogP contribution in [-0.4, -0.2) is 11.5 Å². The van der Waals surface area contributed by atoms with Gasteiger partial charge in [-0.2, -0.15) is 11.8 Å². The van der Waals surface area contributed by atoms with Gasteiger partial charge >= 0.3 is 0 Å². The van der Waals surface area contributed by atoms with E-state index < -0.39 is 0 Å². The predicted octanol–water partition coefficient (Wildman–Crippen LogP) is 1.90. The standard InChI is InChI=1S/C5H10S.Au/c1-2-4-6-5-3-1;/h1-5H2;. The molecule has 0 saturated carbocycles. The Labute approximate surface area is 64.9 Å². The van der Waals surface area contributed by atoms with Crippen LogP contribution in [0.25, 0.3) is 0 Å². The predicted molar refractivity (Wildman–Crippen MR) is 31.2 cm³/mol. The average molecular weight is 299 g/mol. The van der Waals surface area contributed by atoms with E-state index in [0.717, 1.165) is 0 Å². The van der Waals surface area contributed by atoms with E-state index in [1.165, 1.54) is 30.8 Å². The van der Waals surface area contributed by atoms with Crippen LogP contribution in [0.15, 0.2) is 0 Å². The SMILES string of the molecule is C1CCSCC1.[Au]. The third-order valence-electron chi connectivity index (χ3n) is 1.08. The first kappa shape index (κ1) is 8.09. The zero-order chi connectivity index (χ0) is 4.24. The summed E-state index contributed by atoms with van der Waals surface area (Å²) in [5.74, 6) is 2.83. The molecule has 0 spiro atoms. The van der Waals surface area contributed by atoms with E-state index >= 15 is 0 Å². The molecule has 0 amide bonds. The summed E-state index contributed by atoms with van der Waals surface area (Å²) in [6, 6.07) is 0. The molecule has 0 aliphatic carbocycles. The quantitative estimate of drug-likeness (QED) is 0.616. The first-order chi connectivity index (χ1) is 3.00. The Balaban J connectivity index is 0.000000360. The van der Waals surface area contributed by atoms with Crippen molar-refractivity contribution < 1.29 is 22.4 Å². The van der Waals surface area contributed by atoms with Crippen LogP contribution < -0.4 is 0 Å². The summed E-state index contributed by atoms with van der Waals surface area (Å²) >= 11 is 2.09. The largest absolute Gasteiger partial charge is 0.162 e. The number of rotatable bonds is 0. The summed E-state index contributed by atoms with van der Waals surface area (Å²) in [4.78, 5) is 0. The molecule has 0 atom stereocenters. The van der Waals surface area contributed by atoms with Crippen LogP contribution in [0.1, 0.15) is 19.3 Å². The molecule has 0 unspecified atom stereocenters. The van der Waals surface area contributed by atoms with Crippen molar-refractivity contribution in [2.75, 3.05) is 11.5 Å². The van der Waals surface area contributed by atoms with Crippen LogP contribution in [-0.2, 0) is 22.4 Å². The van der Waals surface area contributed by atoms with Gasteiger partial charge in [0, 0.05) is 22.4 Å². The van der Waals surface area contributed by atoms with Gasteiger partial charge in [0.2, 0.25) is 0 Å². The van der Waals surface area contributed by atoms with Gasteiger partial charge in [-0.1, -0.05) is 6.42 Å². The first-order valence-electron chi connectivity index (χ1n) is 2.58. The second-order valence-corrected chi connectivity index (χ2v) is 2.90. The zero-order valence-corrected chi connectivity index (χ0v) is 7.23. The molecular formula is C5H10AuS. The van der Waals surface area contributed by atoms with Gasteiger partial charge < -0.3 is 0 Å². The van der Waals surface area contributed by atoms with Crippen molar-refractivity contribution in [2.45, 2.75) is 19.3 Å². The van der Waals surface area contributed by atoms with E-state index in [9.17, 15) is 0 Å². The molecule has 0 aromatic carbocycles. The van der Waals surface area contributed by atoms with Crippen molar-refractivity contribution in [1.82, 2.24) is 0 Å². The minimum atomic E-state index is 0. The molecule has 0 aromatic heterocycles. The molecule has 0 aromatic rings. The summed E-state index contributed by atoms with van der Waals surface area (Å²) in [6.45, 7) is 0. The number of thioether (sulfide) groups is 1. The van der Waals surface area contributed by atoms with Crippen molar-refractivity contribution in [3.05, 3.63) is 0 Å². The van der Waals surface area contributed by atoms with Gasteiger partial charge in [0.1, 0.15) is 0 Å². The molecule has 1 aliphatic rings. The fourth-order valence-electron chi connectivity index (χ4n) is 0.687. The van der Waals surface area contributed by atoms with Gasteiger partial charge in [-0.05, 0) is 24.3 Å². The van der Waals surface area contributed by atoms with Crippen molar-refractivity contribution >= 4 is 11.8 Å². The second kappa shape index (κ2) is 5.23. The molecule has 1 aliphatic heterocycles. The van der Waals surface area contributed by atoms with Crippen molar-refractivity contribution in [3.8, 4) is 0 Å². The average Bonchev–Trinajstić information content (AvgIpc) is 1.72. The molecular weight excluding hydrogens is 289 g/mol. The summed E-state index contributed by atoms with van der Waals surface area (Å²) in [5.41, 5.74) is 0. The molecule has 0 bridgehead atoms. The molecule has 1 rings (SSSR count). The summed E-state index contributed by atoms with van der Waals surface area (Å²) < 4.78 is 0. The topological polar surface area (TPSA) is 0 Å². The zero-order valence-electron chi connectivity index (χ0n) is 4.25. The van der Waals surface area contributed by atoms with Crippen LogP contribution in [0.2, 0.25) is 0 Å². The van der Waals surface area contributed by atoms with Gasteiger partial charge in [-0.15, -0.1) is 0 Å². The Kier molecular flexibility index (Phi) is 6.05. The Bertz CT molecular complexity index is 23.6. The van der Waals surface area contributed by atoms with Gasteiger partial charge in [0.15, 0.2) is 0 Å². The Morgan fingerprint density at radius 3 is 1.57 bits per heavy atom. The van der Waals surface area contributed by atoms with Crippen molar-refractivity contribution in [3.63, 3.8) is 0 Å². The maximum atomic E-state index is 2.09. The molecule has 2 heteroatoms. The summed E-state index contributed by atoms with van der Waals surface area (Å²) in [6.07, 6.45) is 4.41. The Morgan fingerprint density at radius 1 is 0.857 bits per heavy atom. The molecule has 1 fully saturated rings. The Hall–Kier alpha value is 1.09. The minimum absolute atomic E-state index is 0. The maximum absolute atomic E-state index is 2.09. The van der Waals surface area contributed by atoms with E-state index in [1.54, 1.807) is 0 Å². The smallest absolute Gasteiger partial charge is 0 e. The van der Waals surface area contributed by atoms with E-state index in [1.807, 2.05) is 0 Å². The molecule has 7 heavy (non-hydrogen) atoms. The normalized spacial score (nSPS) is 20.6. The molecule has 47 valence electrons. The third kappa shape index (κ3) is 3.65. The van der Waals surface area contributed by atoms with E-state index in [2.05, 4.69) is 11.8 Å². The molecule has 0 N–H and O–H groups in total. The van der Waals surface area contributed by atoms with E-state index in [4.69, 9.17) is 0 Å².